The van der Waals surface area contributed by atoms with Crippen molar-refractivity contribution in [3.63, 3.8) is 0 Å². The van der Waals surface area contributed by atoms with Gasteiger partial charge in [-0.25, -0.2) is 9.79 Å². The zero-order chi connectivity index (χ0) is 22.3. The van der Waals surface area contributed by atoms with Gasteiger partial charge in [0.25, 0.3) is 0 Å². The number of ether oxygens (including phenoxy) is 4. The minimum absolute atomic E-state index is 0.175. The smallest absolute Gasteiger partial charge is 0.363 e. The monoisotopic (exact) mass is 449 g/mol. The SMILES string of the molecule is COc1ccc(OCCOc2ccccc2Cl)c(/C=C2/N=C(c3ccccc3)OC2=O)c1. The Balaban J connectivity index is 1.51. The van der Waals surface area contributed by atoms with E-state index in [1.807, 2.05) is 42.5 Å². The van der Waals surface area contributed by atoms with Crippen LogP contribution in [0.4, 0.5) is 0 Å². The average Bonchev–Trinajstić information content (AvgIpc) is 3.19. The van der Waals surface area contributed by atoms with Crippen molar-refractivity contribution in [2.75, 3.05) is 20.3 Å². The van der Waals surface area contributed by atoms with Crippen LogP contribution in [0.15, 0.2) is 83.5 Å². The summed E-state index contributed by atoms with van der Waals surface area (Å²) in [5.74, 6) is 1.50. The molecule has 1 aliphatic rings. The molecule has 4 rings (SSSR count). The number of cyclic esters (lactones) is 1. The summed E-state index contributed by atoms with van der Waals surface area (Å²) >= 11 is 6.10. The molecule has 3 aromatic carbocycles. The number of aliphatic imine (C=N–C) groups is 1. The van der Waals surface area contributed by atoms with Crippen LogP contribution >= 0.6 is 11.6 Å². The predicted octanol–water partition coefficient (Wildman–Crippen LogP) is 5.15. The van der Waals surface area contributed by atoms with Crippen LogP contribution in [0.5, 0.6) is 17.2 Å². The van der Waals surface area contributed by atoms with E-state index in [-0.39, 0.29) is 18.2 Å². The molecule has 0 radical (unpaired) electrons. The van der Waals surface area contributed by atoms with Gasteiger partial charge in [-0.3, -0.25) is 0 Å². The number of hydrogen-bond donors (Lipinski definition) is 0. The van der Waals surface area contributed by atoms with Crippen LogP contribution in [0.1, 0.15) is 11.1 Å². The fourth-order valence-corrected chi connectivity index (χ4v) is 3.21. The summed E-state index contributed by atoms with van der Waals surface area (Å²) in [5, 5.41) is 0.536. The predicted molar refractivity (Wildman–Crippen MR) is 122 cm³/mol. The highest BCUT2D eigenvalue weighted by atomic mass is 35.5. The Hall–Kier alpha value is -3.77. The van der Waals surface area contributed by atoms with E-state index in [2.05, 4.69) is 4.99 Å². The lowest BCUT2D eigenvalue weighted by Gasteiger charge is -2.12. The molecule has 0 amide bonds. The van der Waals surface area contributed by atoms with Crippen LogP contribution in [-0.2, 0) is 9.53 Å². The Morgan fingerprint density at radius 3 is 2.41 bits per heavy atom. The molecule has 0 atom stereocenters. The van der Waals surface area contributed by atoms with E-state index in [0.29, 0.717) is 34.4 Å². The molecule has 0 fully saturated rings. The second-order valence-electron chi connectivity index (χ2n) is 6.73. The van der Waals surface area contributed by atoms with E-state index in [4.69, 9.17) is 30.5 Å². The second kappa shape index (κ2) is 10.0. The number of rotatable bonds is 8. The van der Waals surface area contributed by atoms with Crippen molar-refractivity contribution in [1.29, 1.82) is 0 Å². The fraction of sp³-hybridized carbons (Fsp3) is 0.120. The Bertz CT molecular complexity index is 1170. The quantitative estimate of drug-likeness (QED) is 0.270. The summed E-state index contributed by atoms with van der Waals surface area (Å²) in [6.07, 6.45) is 1.62. The first-order chi connectivity index (χ1) is 15.6. The van der Waals surface area contributed by atoms with Gasteiger partial charge in [0.2, 0.25) is 5.90 Å². The molecule has 0 spiro atoms. The van der Waals surface area contributed by atoms with E-state index in [0.717, 1.165) is 5.56 Å². The van der Waals surface area contributed by atoms with Crippen molar-refractivity contribution in [3.8, 4) is 17.2 Å². The number of para-hydroxylation sites is 1. The maximum atomic E-state index is 12.4. The molecule has 6 nitrogen and oxygen atoms in total. The number of carbonyl (C=O) groups is 1. The standard InChI is InChI=1S/C25H20ClNO5/c1-29-19-11-12-22(30-13-14-31-23-10-6-5-9-20(23)26)18(15-19)16-21-25(28)32-24(27-21)17-7-3-2-4-8-17/h2-12,15-16H,13-14H2,1H3/b21-16+. The van der Waals surface area contributed by atoms with Crippen molar-refractivity contribution in [2.45, 2.75) is 0 Å². The highest BCUT2D eigenvalue weighted by Crippen LogP contribution is 2.29. The Morgan fingerprint density at radius 1 is 0.938 bits per heavy atom. The molecule has 0 bridgehead atoms. The molecule has 0 N–H and O–H groups in total. The van der Waals surface area contributed by atoms with Crippen molar-refractivity contribution in [1.82, 2.24) is 0 Å². The molecule has 0 aliphatic carbocycles. The first-order valence-electron chi connectivity index (χ1n) is 9.90. The summed E-state index contributed by atoms with van der Waals surface area (Å²) in [6.45, 7) is 0.570. The number of nitrogens with zero attached hydrogens (tertiary/aromatic N) is 1. The summed E-state index contributed by atoms with van der Waals surface area (Å²) in [5.41, 5.74) is 1.53. The lowest BCUT2D eigenvalue weighted by Crippen LogP contribution is -2.10. The molecule has 0 saturated heterocycles. The first-order valence-corrected chi connectivity index (χ1v) is 10.3. The van der Waals surface area contributed by atoms with Gasteiger partial charge in [-0.2, -0.15) is 0 Å². The molecular formula is C25H20ClNO5. The van der Waals surface area contributed by atoms with Gasteiger partial charge in [-0.15, -0.1) is 0 Å². The zero-order valence-electron chi connectivity index (χ0n) is 17.3. The number of halogens is 1. The van der Waals surface area contributed by atoms with Crippen LogP contribution in [0.3, 0.4) is 0 Å². The number of methoxy groups -OCH3 is 1. The molecule has 0 aromatic heterocycles. The number of esters is 1. The third-order valence-electron chi connectivity index (χ3n) is 4.59. The Morgan fingerprint density at radius 2 is 1.66 bits per heavy atom. The Labute approximate surface area is 190 Å². The topological polar surface area (TPSA) is 66.3 Å². The summed E-state index contributed by atoms with van der Waals surface area (Å²) in [6, 6.07) is 21.8. The van der Waals surface area contributed by atoms with Crippen molar-refractivity contribution in [2.24, 2.45) is 4.99 Å². The van der Waals surface area contributed by atoms with Gasteiger partial charge >= 0.3 is 5.97 Å². The molecule has 32 heavy (non-hydrogen) atoms. The lowest BCUT2D eigenvalue weighted by molar-refractivity contribution is -0.129. The minimum atomic E-state index is -0.528. The molecule has 162 valence electrons. The van der Waals surface area contributed by atoms with Crippen molar-refractivity contribution >= 4 is 29.5 Å². The van der Waals surface area contributed by atoms with E-state index < -0.39 is 5.97 Å². The van der Waals surface area contributed by atoms with E-state index in [1.54, 1.807) is 43.5 Å². The third-order valence-corrected chi connectivity index (χ3v) is 4.90. The molecule has 3 aromatic rings. The highest BCUT2D eigenvalue weighted by molar-refractivity contribution is 6.32. The largest absolute Gasteiger partial charge is 0.497 e. The molecule has 1 aliphatic heterocycles. The van der Waals surface area contributed by atoms with Crippen molar-refractivity contribution < 1.29 is 23.7 Å². The van der Waals surface area contributed by atoms with Crippen LogP contribution in [-0.4, -0.2) is 32.2 Å². The van der Waals surface area contributed by atoms with Gasteiger partial charge in [0.15, 0.2) is 5.70 Å². The van der Waals surface area contributed by atoms with Gasteiger partial charge in [-0.05, 0) is 48.5 Å². The summed E-state index contributed by atoms with van der Waals surface area (Å²) in [7, 11) is 1.57. The zero-order valence-corrected chi connectivity index (χ0v) is 18.0. The van der Waals surface area contributed by atoms with Crippen LogP contribution in [0.25, 0.3) is 6.08 Å². The minimum Gasteiger partial charge on any atom is -0.497 e. The molecule has 0 unspecified atom stereocenters. The normalized spacial score (nSPS) is 14.1. The first kappa shape index (κ1) is 21.5. The molecule has 0 saturated carbocycles. The maximum absolute atomic E-state index is 12.4. The van der Waals surface area contributed by atoms with Crippen LogP contribution in [0.2, 0.25) is 5.02 Å². The second-order valence-corrected chi connectivity index (χ2v) is 7.14. The van der Waals surface area contributed by atoms with Crippen LogP contribution in [0, 0.1) is 0 Å². The van der Waals surface area contributed by atoms with E-state index >= 15 is 0 Å². The summed E-state index contributed by atoms with van der Waals surface area (Å²) in [4.78, 5) is 16.7. The average molecular weight is 450 g/mol. The number of hydrogen-bond acceptors (Lipinski definition) is 6. The lowest BCUT2D eigenvalue weighted by atomic mass is 10.1. The van der Waals surface area contributed by atoms with Crippen molar-refractivity contribution in [3.05, 3.63) is 94.6 Å². The van der Waals surface area contributed by atoms with Crippen LogP contribution < -0.4 is 14.2 Å². The highest BCUT2D eigenvalue weighted by Gasteiger charge is 2.24. The van der Waals surface area contributed by atoms with Gasteiger partial charge in [0, 0.05) is 11.1 Å². The number of carbonyl (C=O) groups excluding carboxylic acids is 1. The number of benzene rings is 3. The van der Waals surface area contributed by atoms with E-state index in [1.165, 1.54) is 0 Å². The maximum Gasteiger partial charge on any atom is 0.363 e. The Kier molecular flexibility index (Phi) is 6.72. The van der Waals surface area contributed by atoms with E-state index in [9.17, 15) is 4.79 Å². The third kappa shape index (κ3) is 5.10. The van der Waals surface area contributed by atoms with Gasteiger partial charge < -0.3 is 18.9 Å². The molecule has 1 heterocycles. The summed E-state index contributed by atoms with van der Waals surface area (Å²) < 4.78 is 22.2. The fourth-order valence-electron chi connectivity index (χ4n) is 3.02. The molecule has 7 heteroatoms. The molecular weight excluding hydrogens is 430 g/mol. The van der Waals surface area contributed by atoms with Gasteiger partial charge in [-0.1, -0.05) is 41.9 Å². The van der Waals surface area contributed by atoms with Gasteiger partial charge in [0.1, 0.15) is 30.5 Å². The van der Waals surface area contributed by atoms with Gasteiger partial charge in [0.05, 0.1) is 12.1 Å².